The fraction of sp³-hybridized carbons (Fsp3) is 0.345. The maximum absolute atomic E-state index is 13.1. The second kappa shape index (κ2) is 10.1. The van der Waals surface area contributed by atoms with E-state index in [0.717, 1.165) is 60.8 Å². The molecule has 1 fully saturated rings. The van der Waals surface area contributed by atoms with Crippen LogP contribution in [0.5, 0.6) is 0 Å². The summed E-state index contributed by atoms with van der Waals surface area (Å²) in [5.41, 5.74) is 5.82. The maximum Gasteiger partial charge on any atom is 0.255 e. The Bertz CT molecular complexity index is 1450. The smallest absolute Gasteiger partial charge is 0.255 e. The van der Waals surface area contributed by atoms with Gasteiger partial charge in [0.15, 0.2) is 0 Å². The predicted octanol–water partition coefficient (Wildman–Crippen LogP) is 5.13. The Labute approximate surface area is 221 Å². The van der Waals surface area contributed by atoms with Gasteiger partial charge in [0.1, 0.15) is 11.6 Å². The van der Waals surface area contributed by atoms with Crippen LogP contribution in [0.25, 0.3) is 17.1 Å². The molecule has 4 heterocycles. The van der Waals surface area contributed by atoms with Gasteiger partial charge in [-0.2, -0.15) is 5.10 Å². The van der Waals surface area contributed by atoms with Gasteiger partial charge >= 0.3 is 0 Å². The predicted molar refractivity (Wildman–Crippen MR) is 147 cm³/mol. The number of nitrogens with one attached hydrogen (secondary N) is 1. The van der Waals surface area contributed by atoms with E-state index in [1.165, 1.54) is 30.6 Å². The molecule has 1 N–H and O–H groups in total. The Balaban J connectivity index is 1.30. The lowest BCUT2D eigenvalue weighted by Crippen LogP contribution is -2.36. The van der Waals surface area contributed by atoms with E-state index in [0.29, 0.717) is 17.4 Å². The highest BCUT2D eigenvalue weighted by Gasteiger charge is 2.27. The summed E-state index contributed by atoms with van der Waals surface area (Å²) in [6.45, 7) is 6.37. The highest BCUT2D eigenvalue weighted by molar-refractivity contribution is 6.30. The second-order valence-electron chi connectivity index (χ2n) is 9.99. The molecule has 7 nitrogen and oxygen atoms in total. The van der Waals surface area contributed by atoms with Crippen molar-refractivity contribution in [2.24, 2.45) is 0 Å². The third-order valence-corrected chi connectivity index (χ3v) is 7.71. The fourth-order valence-corrected chi connectivity index (χ4v) is 5.62. The van der Waals surface area contributed by atoms with Gasteiger partial charge in [0.05, 0.1) is 22.6 Å². The van der Waals surface area contributed by atoms with Crippen molar-refractivity contribution in [3.05, 3.63) is 92.5 Å². The molecule has 1 saturated heterocycles. The third kappa shape index (κ3) is 4.81. The number of benzene rings is 2. The summed E-state index contributed by atoms with van der Waals surface area (Å²) >= 11 is 6.03. The Morgan fingerprint density at radius 1 is 0.973 bits per heavy atom. The zero-order chi connectivity index (χ0) is 25.4. The first kappa shape index (κ1) is 23.9. The van der Waals surface area contributed by atoms with Gasteiger partial charge in [-0.1, -0.05) is 29.8 Å². The monoisotopic (exact) mass is 514 g/mol. The van der Waals surface area contributed by atoms with Crippen LogP contribution in [0.1, 0.15) is 41.8 Å². The van der Waals surface area contributed by atoms with E-state index >= 15 is 0 Å². The second-order valence-corrected chi connectivity index (χ2v) is 10.4. The van der Waals surface area contributed by atoms with Crippen LogP contribution in [-0.2, 0) is 19.5 Å². The number of halogens is 1. The summed E-state index contributed by atoms with van der Waals surface area (Å²) in [6.07, 6.45) is 4.42. The number of aromatic amines is 1. The van der Waals surface area contributed by atoms with Gasteiger partial charge in [-0.25, -0.2) is 9.67 Å². The first-order valence-corrected chi connectivity index (χ1v) is 13.4. The Morgan fingerprint density at radius 3 is 2.49 bits per heavy atom. The standard InChI is InChI=1S/C29H31ClN6O/c1-20-24(29(35-15-6-3-7-16-35)36(33-20)23-8-4-2-5-9-23)18-34-17-14-26-25(19-34)28(37)32-27(31-26)21-10-12-22(30)13-11-21/h2,4-5,8-13H,3,6-7,14-19H2,1H3,(H,31,32,37). The summed E-state index contributed by atoms with van der Waals surface area (Å²) in [4.78, 5) is 25.8. The van der Waals surface area contributed by atoms with Gasteiger partial charge in [0.25, 0.3) is 5.56 Å². The van der Waals surface area contributed by atoms with Crippen LogP contribution in [-0.4, -0.2) is 44.3 Å². The maximum atomic E-state index is 13.1. The summed E-state index contributed by atoms with van der Waals surface area (Å²) in [7, 11) is 0. The van der Waals surface area contributed by atoms with Crippen molar-refractivity contribution < 1.29 is 0 Å². The lowest BCUT2D eigenvalue weighted by Gasteiger charge is -2.32. The molecule has 0 unspecified atom stereocenters. The van der Waals surface area contributed by atoms with Crippen molar-refractivity contribution in [2.45, 2.75) is 45.7 Å². The number of hydrogen-bond donors (Lipinski definition) is 1. The van der Waals surface area contributed by atoms with Crippen LogP contribution >= 0.6 is 11.6 Å². The Kier molecular flexibility index (Phi) is 6.57. The minimum absolute atomic E-state index is 0.0624. The molecule has 190 valence electrons. The van der Waals surface area contributed by atoms with E-state index in [9.17, 15) is 4.79 Å². The van der Waals surface area contributed by atoms with Crippen molar-refractivity contribution in [2.75, 3.05) is 24.5 Å². The zero-order valence-corrected chi connectivity index (χ0v) is 21.8. The summed E-state index contributed by atoms with van der Waals surface area (Å²) in [5.74, 6) is 1.79. The SMILES string of the molecule is Cc1nn(-c2ccccc2)c(N2CCCCC2)c1CN1CCc2nc(-c3ccc(Cl)cc3)[nH]c(=O)c2C1. The highest BCUT2D eigenvalue weighted by atomic mass is 35.5. The molecule has 0 bridgehead atoms. The van der Waals surface area contributed by atoms with Gasteiger partial charge in [0, 0.05) is 55.3 Å². The van der Waals surface area contributed by atoms with Gasteiger partial charge in [-0.15, -0.1) is 0 Å². The van der Waals surface area contributed by atoms with Gasteiger partial charge in [0.2, 0.25) is 0 Å². The first-order chi connectivity index (χ1) is 18.1. The third-order valence-electron chi connectivity index (χ3n) is 7.46. The highest BCUT2D eigenvalue weighted by Crippen LogP contribution is 2.32. The fourth-order valence-electron chi connectivity index (χ4n) is 5.50. The van der Waals surface area contributed by atoms with Gasteiger partial charge in [-0.05, 0) is 62.6 Å². The zero-order valence-electron chi connectivity index (χ0n) is 21.1. The van der Waals surface area contributed by atoms with Gasteiger partial charge in [-0.3, -0.25) is 9.69 Å². The summed E-state index contributed by atoms with van der Waals surface area (Å²) in [5, 5.41) is 5.65. The van der Waals surface area contributed by atoms with Crippen LogP contribution in [0, 0.1) is 6.92 Å². The Hall–Kier alpha value is -3.42. The topological polar surface area (TPSA) is 70.1 Å². The molecular formula is C29H31ClN6O. The van der Waals surface area contributed by atoms with Crippen LogP contribution in [0.15, 0.2) is 59.4 Å². The van der Waals surface area contributed by atoms with Crippen molar-refractivity contribution in [3.8, 4) is 17.1 Å². The van der Waals surface area contributed by atoms with Crippen LogP contribution in [0.4, 0.5) is 5.82 Å². The van der Waals surface area contributed by atoms with E-state index in [-0.39, 0.29) is 5.56 Å². The van der Waals surface area contributed by atoms with E-state index in [1.54, 1.807) is 0 Å². The van der Waals surface area contributed by atoms with E-state index in [4.69, 9.17) is 21.7 Å². The van der Waals surface area contributed by atoms with Gasteiger partial charge < -0.3 is 9.88 Å². The van der Waals surface area contributed by atoms with E-state index in [1.807, 2.05) is 30.3 Å². The largest absolute Gasteiger partial charge is 0.356 e. The molecule has 0 saturated carbocycles. The quantitative estimate of drug-likeness (QED) is 0.399. The van der Waals surface area contributed by atoms with Crippen molar-refractivity contribution in [1.29, 1.82) is 0 Å². The molecule has 37 heavy (non-hydrogen) atoms. The van der Waals surface area contributed by atoms with Crippen LogP contribution < -0.4 is 10.5 Å². The average Bonchev–Trinajstić information content (AvgIpc) is 3.26. The van der Waals surface area contributed by atoms with Crippen molar-refractivity contribution in [1.82, 2.24) is 24.6 Å². The molecule has 0 aliphatic carbocycles. The molecule has 8 heteroatoms. The van der Waals surface area contributed by atoms with Crippen molar-refractivity contribution >= 4 is 17.4 Å². The first-order valence-electron chi connectivity index (χ1n) is 13.1. The number of nitrogens with zero attached hydrogens (tertiary/aromatic N) is 5. The molecule has 4 aromatic rings. The average molecular weight is 515 g/mol. The number of aryl methyl sites for hydroxylation is 1. The number of rotatable bonds is 5. The molecule has 0 spiro atoms. The summed E-state index contributed by atoms with van der Waals surface area (Å²) in [6, 6.07) is 17.8. The van der Waals surface area contributed by atoms with E-state index in [2.05, 4.69) is 50.7 Å². The molecular weight excluding hydrogens is 484 g/mol. The number of fused-ring (bicyclic) bond motifs is 1. The molecule has 2 aromatic carbocycles. The number of para-hydroxylation sites is 1. The van der Waals surface area contributed by atoms with E-state index < -0.39 is 0 Å². The van der Waals surface area contributed by atoms with Crippen LogP contribution in [0.2, 0.25) is 5.02 Å². The molecule has 0 atom stereocenters. The number of anilines is 1. The lowest BCUT2D eigenvalue weighted by atomic mass is 10.0. The number of hydrogen-bond acceptors (Lipinski definition) is 5. The molecule has 0 radical (unpaired) electrons. The minimum atomic E-state index is -0.0624. The molecule has 2 aliphatic heterocycles. The van der Waals surface area contributed by atoms with Crippen molar-refractivity contribution in [3.63, 3.8) is 0 Å². The lowest BCUT2D eigenvalue weighted by molar-refractivity contribution is 0.241. The molecule has 6 rings (SSSR count). The number of aromatic nitrogens is 4. The Morgan fingerprint density at radius 2 is 1.73 bits per heavy atom. The molecule has 0 amide bonds. The number of piperidine rings is 1. The molecule has 2 aromatic heterocycles. The minimum Gasteiger partial charge on any atom is -0.356 e. The number of H-pyrrole nitrogens is 1. The molecule has 2 aliphatic rings. The van der Waals surface area contributed by atoms with Crippen LogP contribution in [0.3, 0.4) is 0 Å². The summed E-state index contributed by atoms with van der Waals surface area (Å²) < 4.78 is 2.11. The normalized spacial score (nSPS) is 16.1.